The molecule has 0 saturated heterocycles. The van der Waals surface area contributed by atoms with E-state index >= 15 is 0 Å². The van der Waals surface area contributed by atoms with E-state index in [0.29, 0.717) is 42.4 Å². The second-order valence-electron chi connectivity index (χ2n) is 6.96. The Hall–Kier alpha value is -3.81. The van der Waals surface area contributed by atoms with Crippen molar-refractivity contribution in [2.24, 2.45) is 0 Å². The summed E-state index contributed by atoms with van der Waals surface area (Å²) in [5, 5.41) is 18.9. The molecule has 0 aliphatic carbocycles. The number of rotatable bonds is 7. The van der Waals surface area contributed by atoms with Crippen molar-refractivity contribution in [1.29, 1.82) is 0 Å². The van der Waals surface area contributed by atoms with Crippen LogP contribution in [0.4, 0.5) is 10.2 Å². The largest absolute Gasteiger partial charge is 0.365 e. The minimum atomic E-state index is -0.262. The molecule has 2 N–H and O–H groups in total. The van der Waals surface area contributed by atoms with Gasteiger partial charge in [-0.15, -0.1) is 15.3 Å². The van der Waals surface area contributed by atoms with Crippen molar-refractivity contribution < 1.29 is 9.18 Å². The normalized spacial score (nSPS) is 10.9. The molecule has 0 spiro atoms. The standard InChI is InChI=1S/C22H21FN6O/c1-15-3-2-4-17(13-15)22(30)24-12-11-21-27-26-20-10-9-19(28-29(20)21)25-14-16-5-7-18(23)8-6-16/h2-10,13H,11-12,14H2,1H3,(H,24,30)(H,25,28). The Morgan fingerprint density at radius 3 is 2.70 bits per heavy atom. The fourth-order valence-electron chi connectivity index (χ4n) is 3.05. The Bertz CT molecular complexity index is 1170. The number of hydrogen-bond acceptors (Lipinski definition) is 5. The zero-order chi connectivity index (χ0) is 20.9. The van der Waals surface area contributed by atoms with Crippen molar-refractivity contribution in [3.05, 3.63) is 89.0 Å². The van der Waals surface area contributed by atoms with Gasteiger partial charge in [-0.2, -0.15) is 4.52 Å². The van der Waals surface area contributed by atoms with E-state index in [9.17, 15) is 9.18 Å². The van der Waals surface area contributed by atoms with Crippen LogP contribution >= 0.6 is 0 Å². The molecule has 4 rings (SSSR count). The van der Waals surface area contributed by atoms with Crippen molar-refractivity contribution in [3.8, 4) is 0 Å². The van der Waals surface area contributed by atoms with Gasteiger partial charge in [-0.1, -0.05) is 29.8 Å². The highest BCUT2D eigenvalue weighted by atomic mass is 19.1. The van der Waals surface area contributed by atoms with Crippen molar-refractivity contribution >= 4 is 17.4 Å². The summed E-state index contributed by atoms with van der Waals surface area (Å²) in [6.45, 7) is 2.89. The van der Waals surface area contributed by atoms with Gasteiger partial charge in [0, 0.05) is 25.1 Å². The zero-order valence-corrected chi connectivity index (χ0v) is 16.5. The van der Waals surface area contributed by atoms with E-state index in [-0.39, 0.29) is 11.7 Å². The molecule has 1 amide bonds. The summed E-state index contributed by atoms with van der Waals surface area (Å²) < 4.78 is 14.7. The summed E-state index contributed by atoms with van der Waals surface area (Å²) in [4.78, 5) is 12.3. The SMILES string of the molecule is Cc1cccc(C(=O)NCCc2nnc3ccc(NCc4ccc(F)cc4)nn23)c1. The predicted molar refractivity (Wildman–Crippen MR) is 112 cm³/mol. The monoisotopic (exact) mass is 404 g/mol. The molecule has 152 valence electrons. The van der Waals surface area contributed by atoms with E-state index in [1.54, 1.807) is 22.7 Å². The van der Waals surface area contributed by atoms with Gasteiger partial charge in [-0.3, -0.25) is 4.79 Å². The van der Waals surface area contributed by atoms with Crippen molar-refractivity contribution in [1.82, 2.24) is 25.1 Å². The molecular weight excluding hydrogens is 383 g/mol. The van der Waals surface area contributed by atoms with Crippen LogP contribution in [-0.2, 0) is 13.0 Å². The maximum Gasteiger partial charge on any atom is 0.251 e. The molecule has 0 fully saturated rings. The smallest absolute Gasteiger partial charge is 0.251 e. The number of halogens is 1. The predicted octanol–water partition coefficient (Wildman–Crippen LogP) is 3.16. The molecule has 4 aromatic rings. The quantitative estimate of drug-likeness (QED) is 0.494. The van der Waals surface area contributed by atoms with Gasteiger partial charge < -0.3 is 10.6 Å². The minimum absolute atomic E-state index is 0.123. The van der Waals surface area contributed by atoms with E-state index < -0.39 is 0 Å². The van der Waals surface area contributed by atoms with Crippen LogP contribution in [0.1, 0.15) is 27.3 Å². The summed E-state index contributed by atoms with van der Waals surface area (Å²) in [5.74, 6) is 0.917. The molecule has 0 aliphatic heterocycles. The molecular formula is C22H21FN6O. The highest BCUT2D eigenvalue weighted by Gasteiger charge is 2.10. The number of nitrogens with one attached hydrogen (secondary N) is 2. The Labute approximate surface area is 173 Å². The van der Waals surface area contributed by atoms with Gasteiger partial charge >= 0.3 is 0 Å². The van der Waals surface area contributed by atoms with Crippen LogP contribution in [-0.4, -0.2) is 32.3 Å². The van der Waals surface area contributed by atoms with Crippen LogP contribution in [0.5, 0.6) is 0 Å². The molecule has 2 heterocycles. The van der Waals surface area contributed by atoms with E-state index in [4.69, 9.17) is 0 Å². The number of anilines is 1. The number of benzene rings is 2. The first-order valence-electron chi connectivity index (χ1n) is 9.63. The van der Waals surface area contributed by atoms with Crippen LogP contribution in [0.15, 0.2) is 60.7 Å². The second-order valence-corrected chi connectivity index (χ2v) is 6.96. The van der Waals surface area contributed by atoms with E-state index in [1.165, 1.54) is 12.1 Å². The van der Waals surface area contributed by atoms with Gasteiger partial charge in [0.2, 0.25) is 0 Å². The van der Waals surface area contributed by atoms with Crippen molar-refractivity contribution in [2.75, 3.05) is 11.9 Å². The van der Waals surface area contributed by atoms with Gasteiger partial charge in [0.1, 0.15) is 11.6 Å². The number of carbonyl (C=O) groups is 1. The number of nitrogens with zero attached hydrogens (tertiary/aromatic N) is 4. The molecule has 0 unspecified atom stereocenters. The minimum Gasteiger partial charge on any atom is -0.365 e. The highest BCUT2D eigenvalue weighted by molar-refractivity contribution is 5.94. The van der Waals surface area contributed by atoms with Crippen molar-refractivity contribution in [3.63, 3.8) is 0 Å². The van der Waals surface area contributed by atoms with E-state index in [2.05, 4.69) is 25.9 Å². The summed E-state index contributed by atoms with van der Waals surface area (Å²) in [6.07, 6.45) is 0.493. The molecule has 30 heavy (non-hydrogen) atoms. The van der Waals surface area contributed by atoms with Gasteiger partial charge in [0.15, 0.2) is 11.5 Å². The molecule has 2 aromatic heterocycles. The molecule has 0 atom stereocenters. The third kappa shape index (κ3) is 4.60. The van der Waals surface area contributed by atoms with Crippen LogP contribution in [0, 0.1) is 12.7 Å². The first kappa shape index (κ1) is 19.5. The highest BCUT2D eigenvalue weighted by Crippen LogP contribution is 2.10. The third-order valence-electron chi connectivity index (χ3n) is 4.63. The molecule has 7 nitrogen and oxygen atoms in total. The topological polar surface area (TPSA) is 84.2 Å². The number of aromatic nitrogens is 4. The van der Waals surface area contributed by atoms with Crippen LogP contribution in [0.2, 0.25) is 0 Å². The zero-order valence-electron chi connectivity index (χ0n) is 16.5. The molecule has 0 aliphatic rings. The molecule has 8 heteroatoms. The lowest BCUT2D eigenvalue weighted by Crippen LogP contribution is -2.26. The van der Waals surface area contributed by atoms with Crippen molar-refractivity contribution in [2.45, 2.75) is 19.9 Å². The summed E-state index contributed by atoms with van der Waals surface area (Å²) >= 11 is 0. The van der Waals surface area contributed by atoms with Gasteiger partial charge in [0.05, 0.1) is 0 Å². The number of aryl methyl sites for hydroxylation is 1. The van der Waals surface area contributed by atoms with Gasteiger partial charge in [-0.25, -0.2) is 4.39 Å². The average molecular weight is 404 g/mol. The Morgan fingerprint density at radius 1 is 1.07 bits per heavy atom. The second kappa shape index (κ2) is 8.69. The Balaban J connectivity index is 1.38. The average Bonchev–Trinajstić information content (AvgIpc) is 3.15. The van der Waals surface area contributed by atoms with E-state index in [0.717, 1.165) is 11.1 Å². The summed E-state index contributed by atoms with van der Waals surface area (Å²) in [5.41, 5.74) is 3.24. The molecule has 0 saturated carbocycles. The van der Waals surface area contributed by atoms with Crippen LogP contribution in [0.3, 0.4) is 0 Å². The Morgan fingerprint density at radius 2 is 1.90 bits per heavy atom. The fraction of sp³-hybridized carbons (Fsp3) is 0.182. The van der Waals surface area contributed by atoms with Gasteiger partial charge in [-0.05, 0) is 48.9 Å². The lowest BCUT2D eigenvalue weighted by Gasteiger charge is -2.07. The van der Waals surface area contributed by atoms with Gasteiger partial charge in [0.25, 0.3) is 5.91 Å². The van der Waals surface area contributed by atoms with Crippen LogP contribution < -0.4 is 10.6 Å². The number of carbonyl (C=O) groups excluding carboxylic acids is 1. The number of fused-ring (bicyclic) bond motifs is 1. The maximum atomic E-state index is 13.0. The molecule has 0 bridgehead atoms. The van der Waals surface area contributed by atoms with E-state index in [1.807, 2.05) is 37.3 Å². The Kier molecular flexibility index (Phi) is 5.65. The van der Waals surface area contributed by atoms with Crippen LogP contribution in [0.25, 0.3) is 5.65 Å². The summed E-state index contributed by atoms with van der Waals surface area (Å²) in [7, 11) is 0. The number of amides is 1. The first-order chi connectivity index (χ1) is 14.6. The lowest BCUT2D eigenvalue weighted by atomic mass is 10.1. The third-order valence-corrected chi connectivity index (χ3v) is 4.63. The molecule has 2 aromatic carbocycles. The first-order valence-corrected chi connectivity index (χ1v) is 9.63. The maximum absolute atomic E-state index is 13.0. The lowest BCUT2D eigenvalue weighted by molar-refractivity contribution is 0.0954. The number of hydrogen-bond donors (Lipinski definition) is 2. The molecule has 0 radical (unpaired) electrons. The fourth-order valence-corrected chi connectivity index (χ4v) is 3.05. The summed E-state index contributed by atoms with van der Waals surface area (Å²) in [6, 6.07) is 17.4.